The number of barbiturate groups is 1. The number of amides is 10. The van der Waals surface area contributed by atoms with E-state index in [0.29, 0.717) is 62.6 Å². The number of nitrogens with one attached hydrogen (secondary N) is 6. The normalized spacial score (nSPS) is 17.2. The monoisotopic (exact) mass is 2000 g/mol. The van der Waals surface area contributed by atoms with E-state index in [2.05, 4.69) is 97.2 Å². The summed E-state index contributed by atoms with van der Waals surface area (Å²) in [5.74, 6) is -3.26. The Kier molecular flexibility index (Phi) is 44.9. The van der Waals surface area contributed by atoms with E-state index < -0.39 is 46.4 Å². The lowest BCUT2D eigenvalue weighted by atomic mass is 10.0. The zero-order chi connectivity index (χ0) is 107. The molecule has 32 heteroatoms. The van der Waals surface area contributed by atoms with E-state index in [9.17, 15) is 92.2 Å². The molecule has 0 unspecified atom stereocenters. The number of Topliss-reactive ketones (excluding diaryl/α,β-unsaturated/α-hetero) is 6. The summed E-state index contributed by atoms with van der Waals surface area (Å²) in [6, 6.07) is 50.3. The summed E-state index contributed by atoms with van der Waals surface area (Å²) in [6.45, 7) is 28.4. The quantitative estimate of drug-likeness (QED) is 0.00634. The third kappa shape index (κ3) is 35.6. The molecule has 0 aliphatic carbocycles. The average molecular weight is 2000 g/mol. The summed E-state index contributed by atoms with van der Waals surface area (Å²) >= 11 is 4.19. The molecule has 7 saturated heterocycles. The molecule has 0 radical (unpaired) electrons. The van der Waals surface area contributed by atoms with Crippen molar-refractivity contribution in [1.29, 1.82) is 0 Å². The Morgan fingerprint density at radius 2 is 0.646 bits per heavy atom. The number of hydrogen-bond donors (Lipinski definition) is 10. The number of ketones is 6. The summed E-state index contributed by atoms with van der Waals surface area (Å²) in [5, 5.41) is 53.2. The van der Waals surface area contributed by atoms with Gasteiger partial charge in [-0.25, -0.2) is 4.79 Å². The molecule has 7 heterocycles. The highest BCUT2D eigenvalue weighted by molar-refractivity contribution is 7.79. The summed E-state index contributed by atoms with van der Waals surface area (Å²) < 4.78 is 10.4. The maximum Gasteiger partial charge on any atom is 0.334 e. The molecule has 147 heavy (non-hydrogen) atoms. The highest BCUT2D eigenvalue weighted by atomic mass is 32.1. The van der Waals surface area contributed by atoms with Crippen LogP contribution in [0.2, 0.25) is 0 Å². The van der Waals surface area contributed by atoms with Crippen molar-refractivity contribution in [2.45, 2.75) is 64.1 Å². The lowest BCUT2D eigenvalue weighted by Crippen LogP contribution is -2.56. The first-order valence-electron chi connectivity index (χ1n) is 45.0. The second kappa shape index (κ2) is 58.0. The number of aliphatic hydroxyl groups is 3. The Bertz CT molecular complexity index is 6530. The van der Waals surface area contributed by atoms with E-state index >= 15 is 0 Å². The van der Waals surface area contributed by atoms with E-state index in [1.54, 1.807) is 129 Å². The van der Waals surface area contributed by atoms with Gasteiger partial charge in [0.05, 0.1) is 111 Å². The van der Waals surface area contributed by atoms with Gasteiger partial charge in [0.1, 0.15) is 17.1 Å². The van der Waals surface area contributed by atoms with Crippen molar-refractivity contribution in [2.75, 3.05) is 27.3 Å². The SMILES string of the molecule is C=C1CC(=O)/C(=C\C=C\c2c(CO)cccc2OC)C(=O)N1.C=C1CC(=O)/C(=C\C=C\c2cc(CO)cc(OC)c2)C(=O)N1.C=C1CC(=O)/C(=C\C=C\c2ccc(CO)cc2)C(=O)N1.C=C1CC(=O)/C(=C\C=C\c2ccc(CS)cc2)C(=O)N1.C=C1CC(=O)/C(=C\C=C\c2ccc([N+](=O)[O-])cc2)C(=O)N1.C=C1CC(=O)/C(=C\C=C\c2ccccc2)C(=O)N1.C=CCN1C(=O)C(=C/C=C/c2ccccc2)C(=O)N(CC=C)C1=O. The molecule has 7 aromatic carbocycles. The number of carbonyl (C=O) groups excluding carboxylic acids is 15. The molecule has 9 N–H and O–H groups in total. The molecular formula is C115H107N9O22S. The number of thiol groups is 1. The van der Waals surface area contributed by atoms with Crippen molar-refractivity contribution in [3.05, 3.63) is 464 Å². The van der Waals surface area contributed by atoms with Gasteiger partial charge in [0.2, 0.25) is 0 Å². The van der Waals surface area contributed by atoms with Crippen molar-refractivity contribution in [2.24, 2.45) is 0 Å². The number of rotatable bonds is 25. The number of piperidine rings is 6. The van der Waals surface area contributed by atoms with Gasteiger partial charge in [0.25, 0.3) is 52.9 Å². The van der Waals surface area contributed by atoms with Crippen LogP contribution in [0.3, 0.4) is 0 Å². The van der Waals surface area contributed by atoms with Crippen molar-refractivity contribution < 1.29 is 102 Å². The molecule has 31 nitrogen and oxygen atoms in total. The van der Waals surface area contributed by atoms with Gasteiger partial charge in [-0.2, -0.15) is 12.6 Å². The third-order valence-electron chi connectivity index (χ3n) is 21.1. The molecule has 7 aromatic rings. The molecule has 7 aliphatic rings. The first-order chi connectivity index (χ1) is 70.5. The van der Waals surface area contributed by atoms with Gasteiger partial charge >= 0.3 is 6.03 Å². The predicted octanol–water partition coefficient (Wildman–Crippen LogP) is 15.0. The fourth-order valence-electron chi connectivity index (χ4n) is 13.7. The van der Waals surface area contributed by atoms with Crippen molar-refractivity contribution in [1.82, 2.24) is 41.7 Å². The molecule has 0 bridgehead atoms. The lowest BCUT2D eigenvalue weighted by molar-refractivity contribution is -0.384. The van der Waals surface area contributed by atoms with Gasteiger partial charge in [-0.15, -0.1) is 13.2 Å². The number of aliphatic hydroxyl groups excluding tert-OH is 3. The Morgan fingerprint density at radius 1 is 0.347 bits per heavy atom. The zero-order valence-electron chi connectivity index (χ0n) is 80.5. The molecule has 0 spiro atoms. The summed E-state index contributed by atoms with van der Waals surface area (Å²) in [7, 11) is 3.08. The van der Waals surface area contributed by atoms with E-state index in [1.165, 1.54) is 73.9 Å². The van der Waals surface area contributed by atoms with Gasteiger partial charge in [-0.3, -0.25) is 87.0 Å². The highest BCUT2D eigenvalue weighted by Crippen LogP contribution is 2.28. The predicted molar refractivity (Wildman–Crippen MR) is 566 cm³/mol. The molecule has 7 fully saturated rings. The maximum atomic E-state index is 12.4. The first-order valence-corrected chi connectivity index (χ1v) is 45.7. The highest BCUT2D eigenvalue weighted by Gasteiger charge is 2.41. The van der Waals surface area contributed by atoms with Crippen LogP contribution in [-0.2, 0) is 92.7 Å². The van der Waals surface area contributed by atoms with Crippen LogP contribution in [0, 0.1) is 10.1 Å². The van der Waals surface area contributed by atoms with Gasteiger partial charge < -0.3 is 56.7 Å². The van der Waals surface area contributed by atoms with E-state index in [1.807, 2.05) is 121 Å². The Balaban J connectivity index is 0.000000209. The van der Waals surface area contributed by atoms with Crippen LogP contribution in [0.5, 0.6) is 11.5 Å². The summed E-state index contributed by atoms with van der Waals surface area (Å²) in [6.07, 6.45) is 37.9. The van der Waals surface area contributed by atoms with Crippen molar-refractivity contribution in [3.8, 4) is 11.5 Å². The minimum Gasteiger partial charge on any atom is -0.497 e. The van der Waals surface area contributed by atoms with E-state index in [-0.39, 0.29) is 163 Å². The molecule has 7 aliphatic heterocycles. The number of methoxy groups -OCH3 is 2. The van der Waals surface area contributed by atoms with Crippen LogP contribution in [0.15, 0.2) is 393 Å². The van der Waals surface area contributed by atoms with Crippen LogP contribution in [0.4, 0.5) is 10.5 Å². The number of nitro benzene ring substituents is 1. The van der Waals surface area contributed by atoms with E-state index in [0.717, 1.165) is 59.9 Å². The molecule has 0 saturated carbocycles. The van der Waals surface area contributed by atoms with Crippen molar-refractivity contribution in [3.63, 3.8) is 0 Å². The van der Waals surface area contributed by atoms with Crippen LogP contribution >= 0.6 is 12.6 Å². The van der Waals surface area contributed by atoms with Gasteiger partial charge in [0, 0.05) is 70.7 Å². The summed E-state index contributed by atoms with van der Waals surface area (Å²) in [4.78, 5) is 189. The first kappa shape index (κ1) is 114. The number of urea groups is 1. The van der Waals surface area contributed by atoms with Gasteiger partial charge in [0.15, 0.2) is 34.7 Å². The number of imide groups is 2. The molecular weight excluding hydrogens is 1890 g/mol. The average Bonchev–Trinajstić information content (AvgIpc) is 0.781. The molecule has 0 aromatic heterocycles. The Morgan fingerprint density at radius 3 is 0.932 bits per heavy atom. The number of benzene rings is 7. The smallest absolute Gasteiger partial charge is 0.334 e. The van der Waals surface area contributed by atoms with Crippen LogP contribution < -0.4 is 41.4 Å². The number of non-ortho nitro benzene ring substituents is 1. The topological polar surface area (TPSA) is 457 Å². The van der Waals surface area contributed by atoms with Gasteiger partial charge in [-0.1, -0.05) is 258 Å². The summed E-state index contributed by atoms with van der Waals surface area (Å²) in [5.41, 5.74) is 12.7. The van der Waals surface area contributed by atoms with Crippen LogP contribution in [0.25, 0.3) is 42.5 Å². The molecule has 750 valence electrons. The number of nitrogens with zero attached hydrogens (tertiary/aromatic N) is 3. The van der Waals surface area contributed by atoms with E-state index in [4.69, 9.17) is 14.6 Å². The Hall–Kier alpha value is -18.5. The number of nitro groups is 1. The number of carbonyl (C=O) groups is 15. The fraction of sp³-hybridized carbons (Fsp3) is 0.122. The van der Waals surface area contributed by atoms with Crippen LogP contribution in [0.1, 0.15) is 99.7 Å². The second-order valence-electron chi connectivity index (χ2n) is 32.1. The Labute approximate surface area is 854 Å². The lowest BCUT2D eigenvalue weighted by Gasteiger charge is -2.32. The fourth-order valence-corrected chi connectivity index (χ4v) is 13.9. The minimum absolute atomic E-state index is 0.00542. The maximum absolute atomic E-state index is 12.4. The minimum atomic E-state index is -0.658. The number of ether oxygens (including phenoxy) is 2. The van der Waals surface area contributed by atoms with Crippen LogP contribution in [-0.4, -0.2) is 145 Å². The zero-order valence-corrected chi connectivity index (χ0v) is 81.4. The van der Waals surface area contributed by atoms with Crippen molar-refractivity contribution >= 4 is 149 Å². The number of allylic oxidation sites excluding steroid dienone is 20. The molecule has 10 amide bonds. The molecule has 14 rings (SSSR count). The number of hydrogen-bond acceptors (Lipinski definition) is 23. The van der Waals surface area contributed by atoms with Gasteiger partial charge in [-0.05, 0) is 135 Å². The molecule has 0 atom stereocenters. The second-order valence-corrected chi connectivity index (χ2v) is 32.5. The third-order valence-corrected chi connectivity index (χ3v) is 21.5. The standard InChI is InChI=1S/C19H18N2O3.2C17H17NO4.C16H15NO3.C16H15NO2S.C15H12N2O4.C15H13NO2/c1-3-13-20-17(22)16(18(23)21(14-4-2)19(20)24)12-8-11-15-9-6-5-7-10-15;1-11-9-15(20)14(17(21)18-11)7-4-6-13-12(10-19)5-3-8-16(13)22-2;1-11-6-16(20)15(17(21)18-11)5-3-4-12-7-13(10-19)9-14(8-12)22-2;1-11-9-15(19)14(16(20)17-11)4-2-3-12-5-7-13(10-18)8-6-12;1-11-9-15(18)14(16(19)17-11)4-2-3-12-5-7-13(10-20)8-6-12;1-10-9-14(18)13(15(19)16-10)4-2-3-11-5-7-12(8-6-11)17(20)21;1-11-10-14(17)13(15(18)16-11)9-5-8-12-6-3-2-4-7-12/h3-12H,1-2,13-14H2;3-8,19H,1,9-10H2,2H3,(H,18,21);3-5,7-9,19H,1,6,10H2,2H3,(H,18,21);2-8,18H,1,9-10H2,(H,17,20);2-8,20H,1,9-10H2,(H,17,19);2-8H,1,9H2,(H,16,19);2-9H,1,10H2,(H,16,18)/b11-8+;6-4+,14-7+;4-3+,15-5+;2*3-2+,14-4+;3-2+,13-4+;8-5+,13-9+. The largest absolute Gasteiger partial charge is 0.497 e.